The van der Waals surface area contributed by atoms with E-state index in [-0.39, 0.29) is 0 Å². The molecule has 0 N–H and O–H groups in total. The lowest BCUT2D eigenvalue weighted by Gasteiger charge is -2.65. The fourth-order valence-electron chi connectivity index (χ4n) is 10.1. The minimum absolute atomic E-state index is 0.310. The average Bonchev–Trinajstić information content (AvgIpc) is 2.98. The van der Waals surface area contributed by atoms with Crippen molar-refractivity contribution in [3.63, 3.8) is 0 Å². The molecule has 0 heterocycles. The Balaban J connectivity index is 1.65. The van der Waals surface area contributed by atoms with Crippen molar-refractivity contribution in [1.82, 2.24) is 0 Å². The molecule has 0 aromatic rings. The van der Waals surface area contributed by atoms with Gasteiger partial charge < -0.3 is 4.43 Å². The summed E-state index contributed by atoms with van der Waals surface area (Å²) in [6.45, 7) is 20.6. The normalized spacial score (nSPS) is 49.3. The third-order valence-corrected chi connectivity index (χ3v) is 18.7. The van der Waals surface area contributed by atoms with Gasteiger partial charge in [-0.05, 0) is 102 Å². The fraction of sp³-hybridized carbons (Fsp3) is 1.00. The van der Waals surface area contributed by atoms with Crippen LogP contribution < -0.4 is 0 Å². The van der Waals surface area contributed by atoms with Crippen molar-refractivity contribution in [2.24, 2.45) is 39.4 Å². The van der Waals surface area contributed by atoms with Crippen molar-refractivity contribution in [3.8, 4) is 0 Å². The lowest BCUT2D eigenvalue weighted by Crippen LogP contribution is -2.61. The predicted octanol–water partition coefficient (Wildman–Crippen LogP) is 9.25. The molecule has 180 valence electrons. The Morgan fingerprint density at radius 3 is 2.06 bits per heavy atom. The molecule has 0 aromatic heterocycles. The lowest BCUT2D eigenvalue weighted by atomic mass is 9.41. The van der Waals surface area contributed by atoms with Crippen LogP contribution in [0.25, 0.3) is 0 Å². The van der Waals surface area contributed by atoms with Crippen LogP contribution >= 0.6 is 22.6 Å². The summed E-state index contributed by atoms with van der Waals surface area (Å²) in [5.41, 5.74) is 1.93. The van der Waals surface area contributed by atoms with Gasteiger partial charge in [0.2, 0.25) is 0 Å². The Morgan fingerprint density at radius 1 is 0.806 bits per heavy atom. The van der Waals surface area contributed by atoms with Crippen LogP contribution in [0, 0.1) is 39.4 Å². The standard InChI is InChI=1S/C28H51IOSi/c1-9-31(10-2,11-3)30-24-15-17-26(6)22(25(24,4)5)14-18-28(8)23(26)19-20-21(29)13-12-16-27(20,28)7/h20-24H,9-19H2,1-8H3/t20?,21?,22?,23?,24-,26?,27?,28?/m0/s1. The zero-order chi connectivity index (χ0) is 22.9. The van der Waals surface area contributed by atoms with E-state index in [4.69, 9.17) is 4.43 Å². The third kappa shape index (κ3) is 3.42. The summed E-state index contributed by atoms with van der Waals surface area (Å²) in [6, 6.07) is 3.85. The first-order chi connectivity index (χ1) is 14.4. The molecular formula is C28H51IOSi. The summed E-state index contributed by atoms with van der Waals surface area (Å²) >= 11 is 2.84. The van der Waals surface area contributed by atoms with E-state index >= 15 is 0 Å². The quantitative estimate of drug-likeness (QED) is 0.186. The van der Waals surface area contributed by atoms with Gasteiger partial charge in [0.05, 0.1) is 6.10 Å². The summed E-state index contributed by atoms with van der Waals surface area (Å²) < 4.78 is 8.14. The first-order valence-corrected chi connectivity index (χ1v) is 17.5. The van der Waals surface area contributed by atoms with Gasteiger partial charge in [-0.25, -0.2) is 0 Å². The Bertz CT molecular complexity index is 666. The molecule has 0 bridgehead atoms. The van der Waals surface area contributed by atoms with E-state index in [9.17, 15) is 0 Å². The summed E-state index contributed by atoms with van der Waals surface area (Å²) in [4.78, 5) is 0. The number of hydrogen-bond acceptors (Lipinski definition) is 1. The highest BCUT2D eigenvalue weighted by atomic mass is 127. The second-order valence-electron chi connectivity index (χ2n) is 13.4. The minimum Gasteiger partial charge on any atom is -0.413 e. The summed E-state index contributed by atoms with van der Waals surface area (Å²) in [5.74, 6) is 2.69. The van der Waals surface area contributed by atoms with Crippen LogP contribution in [0.2, 0.25) is 18.1 Å². The molecule has 0 aromatic carbocycles. The van der Waals surface area contributed by atoms with Gasteiger partial charge in [0.15, 0.2) is 8.32 Å². The van der Waals surface area contributed by atoms with Gasteiger partial charge in [-0.2, -0.15) is 0 Å². The van der Waals surface area contributed by atoms with Crippen LogP contribution in [0.15, 0.2) is 0 Å². The highest BCUT2D eigenvalue weighted by Crippen LogP contribution is 2.76. The fourth-order valence-corrected chi connectivity index (χ4v) is 14.6. The van der Waals surface area contributed by atoms with Gasteiger partial charge >= 0.3 is 0 Å². The summed E-state index contributed by atoms with van der Waals surface area (Å²) in [6.07, 6.45) is 12.0. The first-order valence-electron chi connectivity index (χ1n) is 13.8. The molecule has 3 heteroatoms. The third-order valence-electron chi connectivity index (χ3n) is 12.5. The van der Waals surface area contributed by atoms with Gasteiger partial charge in [0.1, 0.15) is 0 Å². The first kappa shape index (κ1) is 25.0. The monoisotopic (exact) mass is 558 g/mol. The van der Waals surface area contributed by atoms with Crippen molar-refractivity contribution in [2.45, 2.75) is 135 Å². The SMILES string of the molecule is CC[Si](CC)(CC)O[C@H]1CCC2(C)C(CCC3(C)C2CC2C(I)CCCC23C)C1(C)C. The van der Waals surface area contributed by atoms with Gasteiger partial charge in [-0.1, -0.05) is 84.4 Å². The van der Waals surface area contributed by atoms with E-state index in [1.807, 2.05) is 0 Å². The topological polar surface area (TPSA) is 9.23 Å². The molecule has 0 saturated heterocycles. The Morgan fingerprint density at radius 2 is 1.45 bits per heavy atom. The average molecular weight is 559 g/mol. The van der Waals surface area contributed by atoms with Gasteiger partial charge in [0, 0.05) is 3.92 Å². The maximum absolute atomic E-state index is 7.24. The van der Waals surface area contributed by atoms with Crippen LogP contribution in [0.1, 0.15) is 107 Å². The maximum Gasteiger partial charge on any atom is 0.192 e. The van der Waals surface area contributed by atoms with E-state index < -0.39 is 8.32 Å². The smallest absolute Gasteiger partial charge is 0.192 e. The molecule has 4 rings (SSSR count). The van der Waals surface area contributed by atoms with Crippen molar-refractivity contribution in [2.75, 3.05) is 0 Å². The number of hydrogen-bond donors (Lipinski definition) is 0. The van der Waals surface area contributed by atoms with E-state index in [0.717, 1.165) is 21.7 Å². The van der Waals surface area contributed by atoms with E-state index in [1.54, 1.807) is 0 Å². The molecule has 7 unspecified atom stereocenters. The largest absolute Gasteiger partial charge is 0.413 e. The lowest BCUT2D eigenvalue weighted by molar-refractivity contribution is -0.175. The molecule has 31 heavy (non-hydrogen) atoms. The van der Waals surface area contributed by atoms with Crippen LogP contribution in [0.3, 0.4) is 0 Å². The Hall–Kier alpha value is 0.907. The number of halogens is 1. The molecule has 4 aliphatic rings. The van der Waals surface area contributed by atoms with Crippen LogP contribution in [0.5, 0.6) is 0 Å². The minimum atomic E-state index is -1.56. The second kappa shape index (κ2) is 8.24. The molecule has 0 aliphatic heterocycles. The van der Waals surface area contributed by atoms with E-state index in [0.29, 0.717) is 27.8 Å². The van der Waals surface area contributed by atoms with Gasteiger partial charge in [-0.15, -0.1) is 0 Å². The van der Waals surface area contributed by atoms with Crippen molar-refractivity contribution < 1.29 is 4.43 Å². The van der Waals surface area contributed by atoms with Crippen molar-refractivity contribution in [3.05, 3.63) is 0 Å². The maximum atomic E-state index is 7.24. The van der Waals surface area contributed by atoms with Crippen LogP contribution in [-0.4, -0.2) is 18.3 Å². The summed E-state index contributed by atoms with van der Waals surface area (Å²) in [7, 11) is -1.56. The van der Waals surface area contributed by atoms with Gasteiger partial charge in [-0.3, -0.25) is 0 Å². The number of fused-ring (bicyclic) bond motifs is 5. The molecule has 4 fully saturated rings. The van der Waals surface area contributed by atoms with E-state index in [2.05, 4.69) is 78.0 Å². The predicted molar refractivity (Wildman–Crippen MR) is 145 cm³/mol. The Kier molecular flexibility index (Phi) is 6.65. The van der Waals surface area contributed by atoms with Crippen molar-refractivity contribution in [1.29, 1.82) is 0 Å². The highest BCUT2D eigenvalue weighted by Gasteiger charge is 2.70. The second-order valence-corrected chi connectivity index (χ2v) is 19.8. The van der Waals surface area contributed by atoms with E-state index in [1.165, 1.54) is 69.5 Å². The summed E-state index contributed by atoms with van der Waals surface area (Å²) in [5, 5.41) is 0. The van der Waals surface area contributed by atoms with Gasteiger partial charge in [0.25, 0.3) is 0 Å². The van der Waals surface area contributed by atoms with Crippen molar-refractivity contribution >= 4 is 30.9 Å². The zero-order valence-corrected chi connectivity index (χ0v) is 25.1. The number of rotatable bonds is 5. The molecule has 8 atom stereocenters. The molecule has 4 saturated carbocycles. The molecule has 0 spiro atoms. The number of alkyl halides is 1. The molecule has 4 aliphatic carbocycles. The highest BCUT2D eigenvalue weighted by molar-refractivity contribution is 14.1. The van der Waals surface area contributed by atoms with Crippen LogP contribution in [-0.2, 0) is 4.43 Å². The molecule has 0 amide bonds. The zero-order valence-electron chi connectivity index (χ0n) is 22.0. The van der Waals surface area contributed by atoms with Crippen LogP contribution in [0.4, 0.5) is 0 Å². The molecular weight excluding hydrogens is 507 g/mol. The Labute approximate surface area is 208 Å². The molecule has 0 radical (unpaired) electrons. The molecule has 1 nitrogen and oxygen atoms in total.